The molecule has 0 heteroatoms. The van der Waals surface area contributed by atoms with Crippen molar-refractivity contribution < 1.29 is 0 Å². The molecule has 0 unspecified atom stereocenters. The van der Waals surface area contributed by atoms with Crippen LogP contribution in [0.3, 0.4) is 0 Å². The van der Waals surface area contributed by atoms with Crippen LogP contribution in [0.5, 0.6) is 0 Å². The second kappa shape index (κ2) is 5.56. The summed E-state index contributed by atoms with van der Waals surface area (Å²) < 4.78 is 0. The van der Waals surface area contributed by atoms with E-state index in [4.69, 9.17) is 0 Å². The summed E-state index contributed by atoms with van der Waals surface area (Å²) in [6.07, 6.45) is 1.07. The summed E-state index contributed by atoms with van der Waals surface area (Å²) in [6.45, 7) is 6.38. The van der Waals surface area contributed by atoms with E-state index in [0.717, 1.165) is 17.5 Å². The lowest BCUT2D eigenvalue weighted by Crippen LogP contribution is -1.84. The van der Waals surface area contributed by atoms with E-state index >= 15 is 0 Å². The van der Waals surface area contributed by atoms with Gasteiger partial charge in [-0.3, -0.25) is 0 Å². The second-order valence-electron chi connectivity index (χ2n) is 4.62. The summed E-state index contributed by atoms with van der Waals surface area (Å²) in [5, 5.41) is 0. The summed E-state index contributed by atoms with van der Waals surface area (Å²) in [5.74, 6) is 6.47. The lowest BCUT2D eigenvalue weighted by atomic mass is 10.1. The smallest absolute Gasteiger partial charge is 0.0278 e. The van der Waals surface area contributed by atoms with Crippen LogP contribution in [0.1, 0.15) is 34.7 Å². The quantitative estimate of drug-likeness (QED) is 0.646. The van der Waals surface area contributed by atoms with E-state index in [9.17, 15) is 0 Å². The van der Waals surface area contributed by atoms with Crippen LogP contribution in [0.4, 0.5) is 0 Å². The topological polar surface area (TPSA) is 0 Å². The molecule has 0 fully saturated rings. The fraction of sp³-hybridized carbons (Fsp3) is 0.222. The Morgan fingerprint density at radius 3 is 2.22 bits per heavy atom. The maximum absolute atomic E-state index is 3.24. The van der Waals surface area contributed by atoms with Crippen molar-refractivity contribution in [2.45, 2.75) is 27.2 Å². The van der Waals surface area contributed by atoms with Crippen molar-refractivity contribution >= 4 is 0 Å². The van der Waals surface area contributed by atoms with Gasteiger partial charge in [-0.25, -0.2) is 0 Å². The molecular formula is C18H18. The maximum atomic E-state index is 3.24. The Morgan fingerprint density at radius 1 is 0.889 bits per heavy atom. The van der Waals surface area contributed by atoms with E-state index < -0.39 is 0 Å². The van der Waals surface area contributed by atoms with E-state index in [1.807, 2.05) is 0 Å². The minimum Gasteiger partial charge on any atom is -0.0616 e. The predicted molar refractivity (Wildman–Crippen MR) is 77.7 cm³/mol. The lowest BCUT2D eigenvalue weighted by Gasteiger charge is -1.99. The van der Waals surface area contributed by atoms with E-state index in [1.54, 1.807) is 0 Å². The highest BCUT2D eigenvalue weighted by molar-refractivity contribution is 5.47. The maximum Gasteiger partial charge on any atom is 0.0278 e. The third-order valence-corrected chi connectivity index (χ3v) is 3.09. The van der Waals surface area contributed by atoms with Crippen molar-refractivity contribution in [3.05, 3.63) is 70.3 Å². The second-order valence-corrected chi connectivity index (χ2v) is 4.62. The van der Waals surface area contributed by atoms with Gasteiger partial charge in [-0.2, -0.15) is 0 Å². The van der Waals surface area contributed by atoms with E-state index in [2.05, 4.69) is 75.1 Å². The summed E-state index contributed by atoms with van der Waals surface area (Å²) in [4.78, 5) is 0. The average Bonchev–Trinajstić information content (AvgIpc) is 2.38. The van der Waals surface area contributed by atoms with Crippen LogP contribution < -0.4 is 0 Å². The summed E-state index contributed by atoms with van der Waals surface area (Å²) in [6, 6.07) is 14.8. The first-order chi connectivity index (χ1) is 8.69. The van der Waals surface area contributed by atoms with Crippen LogP contribution in [-0.4, -0.2) is 0 Å². The van der Waals surface area contributed by atoms with Gasteiger partial charge in [-0.05, 0) is 49.6 Å². The van der Waals surface area contributed by atoms with Crippen molar-refractivity contribution in [2.75, 3.05) is 0 Å². The molecule has 0 saturated carbocycles. The van der Waals surface area contributed by atoms with Crippen LogP contribution in [0.15, 0.2) is 42.5 Å². The summed E-state index contributed by atoms with van der Waals surface area (Å²) in [5.41, 5.74) is 6.07. The van der Waals surface area contributed by atoms with Gasteiger partial charge in [0.15, 0.2) is 0 Å². The van der Waals surface area contributed by atoms with Gasteiger partial charge >= 0.3 is 0 Å². The molecule has 90 valence electrons. The first kappa shape index (κ1) is 12.5. The molecule has 0 aliphatic heterocycles. The number of benzene rings is 2. The molecule has 0 saturated heterocycles. The zero-order chi connectivity index (χ0) is 13.0. The molecule has 0 aliphatic rings. The molecule has 0 N–H and O–H groups in total. The Labute approximate surface area is 110 Å². The fourth-order valence-corrected chi connectivity index (χ4v) is 1.92. The zero-order valence-corrected chi connectivity index (χ0v) is 11.2. The molecule has 0 aromatic heterocycles. The van der Waals surface area contributed by atoms with Crippen LogP contribution >= 0.6 is 0 Å². The first-order valence-electron chi connectivity index (χ1n) is 6.37. The molecule has 0 spiro atoms. The van der Waals surface area contributed by atoms with Gasteiger partial charge in [0.05, 0.1) is 0 Å². The highest BCUT2D eigenvalue weighted by atomic mass is 14.0. The standard InChI is InChI=1S/C18H18/c1-4-16-6-8-17(9-7-16)10-12-18-11-5-14(2)13-15(18)3/h5-9,11,13H,4H2,1-3H3. The van der Waals surface area contributed by atoms with Crippen molar-refractivity contribution in [3.8, 4) is 11.8 Å². The van der Waals surface area contributed by atoms with Crippen molar-refractivity contribution in [3.63, 3.8) is 0 Å². The van der Waals surface area contributed by atoms with Crippen molar-refractivity contribution in [2.24, 2.45) is 0 Å². The number of aryl methyl sites for hydroxylation is 3. The lowest BCUT2D eigenvalue weighted by molar-refractivity contribution is 1.14. The van der Waals surface area contributed by atoms with Crippen molar-refractivity contribution in [1.82, 2.24) is 0 Å². The largest absolute Gasteiger partial charge is 0.0616 e. The van der Waals surface area contributed by atoms with E-state index in [0.29, 0.717) is 0 Å². The van der Waals surface area contributed by atoms with Crippen molar-refractivity contribution in [1.29, 1.82) is 0 Å². The van der Waals surface area contributed by atoms with E-state index in [-0.39, 0.29) is 0 Å². The molecule has 0 bridgehead atoms. The highest BCUT2D eigenvalue weighted by Crippen LogP contribution is 2.09. The summed E-state index contributed by atoms with van der Waals surface area (Å²) >= 11 is 0. The van der Waals surface area contributed by atoms with Crippen LogP contribution in [-0.2, 0) is 6.42 Å². The van der Waals surface area contributed by atoms with Gasteiger partial charge in [-0.1, -0.05) is 48.6 Å². The molecular weight excluding hydrogens is 216 g/mol. The Hall–Kier alpha value is -2.00. The minimum atomic E-state index is 1.07. The predicted octanol–water partition coefficient (Wildman–Crippen LogP) is 4.27. The van der Waals surface area contributed by atoms with Gasteiger partial charge in [0.25, 0.3) is 0 Å². The van der Waals surface area contributed by atoms with Gasteiger partial charge in [0.2, 0.25) is 0 Å². The first-order valence-corrected chi connectivity index (χ1v) is 6.37. The molecule has 18 heavy (non-hydrogen) atoms. The molecule has 0 radical (unpaired) electrons. The normalized spacial score (nSPS) is 9.72. The highest BCUT2D eigenvalue weighted by Gasteiger charge is 1.94. The van der Waals surface area contributed by atoms with Crippen LogP contribution in [0, 0.1) is 25.7 Å². The molecule has 2 rings (SSSR count). The van der Waals surface area contributed by atoms with Gasteiger partial charge in [-0.15, -0.1) is 0 Å². The SMILES string of the molecule is CCc1ccc(C#Cc2ccc(C)cc2C)cc1. The Kier molecular flexibility index (Phi) is 3.85. The summed E-state index contributed by atoms with van der Waals surface area (Å²) in [7, 11) is 0. The average molecular weight is 234 g/mol. The number of rotatable bonds is 1. The van der Waals surface area contributed by atoms with Gasteiger partial charge < -0.3 is 0 Å². The third-order valence-electron chi connectivity index (χ3n) is 3.09. The Bertz CT molecular complexity index is 592. The third kappa shape index (κ3) is 3.02. The van der Waals surface area contributed by atoms with E-state index in [1.165, 1.54) is 16.7 Å². The van der Waals surface area contributed by atoms with Crippen LogP contribution in [0.25, 0.3) is 0 Å². The van der Waals surface area contributed by atoms with Crippen LogP contribution in [0.2, 0.25) is 0 Å². The number of hydrogen-bond donors (Lipinski definition) is 0. The Morgan fingerprint density at radius 2 is 1.61 bits per heavy atom. The minimum absolute atomic E-state index is 1.07. The molecule has 2 aromatic rings. The molecule has 0 amide bonds. The van der Waals surface area contributed by atoms with Gasteiger partial charge in [0.1, 0.15) is 0 Å². The molecule has 0 nitrogen and oxygen atoms in total. The molecule has 0 atom stereocenters. The molecule has 2 aromatic carbocycles. The zero-order valence-electron chi connectivity index (χ0n) is 11.2. The fourth-order valence-electron chi connectivity index (χ4n) is 1.92. The molecule has 0 heterocycles. The Balaban J connectivity index is 2.25. The van der Waals surface area contributed by atoms with Gasteiger partial charge in [0, 0.05) is 11.1 Å². The molecule has 0 aliphatic carbocycles. The number of hydrogen-bond acceptors (Lipinski definition) is 0. The monoisotopic (exact) mass is 234 g/mol.